The third-order valence-electron chi connectivity index (χ3n) is 3.95. The van der Waals surface area contributed by atoms with Gasteiger partial charge in [-0.1, -0.05) is 41.9 Å². The van der Waals surface area contributed by atoms with Gasteiger partial charge in [-0.2, -0.15) is 0 Å². The van der Waals surface area contributed by atoms with Crippen LogP contribution in [0.3, 0.4) is 0 Å². The molecular weight excluding hydrogens is 344 g/mol. The Labute approximate surface area is 151 Å². The molecule has 1 fully saturated rings. The van der Waals surface area contributed by atoms with E-state index >= 15 is 0 Å². The second-order valence-electron chi connectivity index (χ2n) is 5.63. The first-order valence-corrected chi connectivity index (χ1v) is 8.30. The van der Waals surface area contributed by atoms with Gasteiger partial charge in [0.1, 0.15) is 12.3 Å². The van der Waals surface area contributed by atoms with E-state index in [9.17, 15) is 4.79 Å². The van der Waals surface area contributed by atoms with Crippen LogP contribution < -0.4 is 9.64 Å². The van der Waals surface area contributed by atoms with Crippen molar-refractivity contribution in [1.29, 1.82) is 0 Å². The van der Waals surface area contributed by atoms with Crippen molar-refractivity contribution < 1.29 is 9.53 Å². The molecule has 1 aliphatic rings. The van der Waals surface area contributed by atoms with Crippen LogP contribution >= 0.6 is 23.8 Å². The van der Waals surface area contributed by atoms with Crippen molar-refractivity contribution in [1.82, 2.24) is 4.90 Å². The van der Waals surface area contributed by atoms with Crippen LogP contribution in [0, 0.1) is 6.92 Å². The molecule has 24 heavy (non-hydrogen) atoms. The lowest BCUT2D eigenvalue weighted by Crippen LogP contribution is -2.32. The van der Waals surface area contributed by atoms with Crippen LogP contribution in [-0.2, 0) is 11.3 Å². The fourth-order valence-corrected chi connectivity index (χ4v) is 3.18. The maximum atomic E-state index is 12.6. The average Bonchev–Trinajstić information content (AvgIpc) is 2.84. The largest absolute Gasteiger partial charge is 0.495 e. The molecular formula is C18H17ClN2O2S. The zero-order chi connectivity index (χ0) is 17.3. The molecule has 0 aliphatic carbocycles. The number of thiocarbonyl (C=S) groups is 1. The first-order chi connectivity index (χ1) is 11.5. The van der Waals surface area contributed by atoms with Crippen molar-refractivity contribution in [3.63, 3.8) is 0 Å². The van der Waals surface area contributed by atoms with Crippen molar-refractivity contribution in [3.05, 3.63) is 58.6 Å². The number of rotatable bonds is 4. The first-order valence-electron chi connectivity index (χ1n) is 7.51. The lowest BCUT2D eigenvalue weighted by Gasteiger charge is -2.22. The van der Waals surface area contributed by atoms with E-state index in [-0.39, 0.29) is 12.5 Å². The number of nitrogens with zero attached hydrogens (tertiary/aromatic N) is 2. The molecule has 1 aliphatic heterocycles. The van der Waals surface area contributed by atoms with E-state index in [1.165, 1.54) is 4.90 Å². The molecule has 0 bridgehead atoms. The third kappa shape index (κ3) is 3.09. The minimum Gasteiger partial charge on any atom is -0.495 e. The second kappa shape index (κ2) is 6.79. The van der Waals surface area contributed by atoms with E-state index in [4.69, 9.17) is 28.6 Å². The number of hydrogen-bond acceptors (Lipinski definition) is 3. The third-order valence-corrected chi connectivity index (χ3v) is 4.80. The predicted octanol–water partition coefficient (Wildman–Crippen LogP) is 3.79. The summed E-state index contributed by atoms with van der Waals surface area (Å²) in [6.45, 7) is 2.73. The second-order valence-corrected chi connectivity index (χ2v) is 6.40. The molecule has 2 aromatic rings. The highest BCUT2D eigenvalue weighted by Crippen LogP contribution is 2.36. The minimum atomic E-state index is -0.0732. The fraction of sp³-hybridized carbons (Fsp3) is 0.222. The van der Waals surface area contributed by atoms with E-state index < -0.39 is 0 Å². The summed E-state index contributed by atoms with van der Waals surface area (Å²) in [5.74, 6) is 0.457. The summed E-state index contributed by atoms with van der Waals surface area (Å²) in [6.07, 6.45) is 0. The lowest BCUT2D eigenvalue weighted by molar-refractivity contribution is -0.116. The Morgan fingerprint density at radius 1 is 1.25 bits per heavy atom. The maximum absolute atomic E-state index is 12.6. The summed E-state index contributed by atoms with van der Waals surface area (Å²) in [4.78, 5) is 16.0. The summed E-state index contributed by atoms with van der Waals surface area (Å²) in [6, 6.07) is 13.5. The Morgan fingerprint density at radius 2 is 1.96 bits per heavy atom. The average molecular weight is 361 g/mol. The van der Waals surface area contributed by atoms with Gasteiger partial charge < -0.3 is 9.64 Å². The van der Waals surface area contributed by atoms with E-state index in [1.54, 1.807) is 13.2 Å². The van der Waals surface area contributed by atoms with Crippen molar-refractivity contribution >= 4 is 40.5 Å². The van der Waals surface area contributed by atoms with Gasteiger partial charge in [-0.15, -0.1) is 0 Å². The normalized spacial score (nSPS) is 14.5. The molecule has 6 heteroatoms. The predicted molar refractivity (Wildman–Crippen MR) is 99.7 cm³/mol. The number of anilines is 1. The maximum Gasteiger partial charge on any atom is 0.253 e. The molecule has 1 saturated heterocycles. The number of methoxy groups -OCH3 is 1. The highest BCUT2D eigenvalue weighted by Gasteiger charge is 2.35. The van der Waals surface area contributed by atoms with Crippen LogP contribution in [0.25, 0.3) is 0 Å². The smallest absolute Gasteiger partial charge is 0.253 e. The molecule has 4 nitrogen and oxygen atoms in total. The van der Waals surface area contributed by atoms with Crippen molar-refractivity contribution in [2.75, 3.05) is 18.6 Å². The molecule has 3 rings (SSSR count). The van der Waals surface area contributed by atoms with Crippen LogP contribution in [0.15, 0.2) is 42.5 Å². The number of ether oxygens (including phenoxy) is 1. The quantitative estimate of drug-likeness (QED) is 0.776. The summed E-state index contributed by atoms with van der Waals surface area (Å²) in [7, 11) is 1.55. The number of benzene rings is 2. The Morgan fingerprint density at radius 3 is 2.62 bits per heavy atom. The van der Waals surface area contributed by atoms with Crippen LogP contribution in [-0.4, -0.2) is 29.6 Å². The van der Waals surface area contributed by atoms with Crippen molar-refractivity contribution in [2.24, 2.45) is 0 Å². The number of amides is 1. The van der Waals surface area contributed by atoms with Gasteiger partial charge in [0, 0.05) is 17.6 Å². The highest BCUT2D eigenvalue weighted by atomic mass is 35.5. The zero-order valence-corrected chi connectivity index (χ0v) is 15.0. The number of halogens is 1. The number of hydrogen-bond donors (Lipinski definition) is 0. The Bertz CT molecular complexity index is 795. The number of aryl methyl sites for hydroxylation is 1. The SMILES string of the molecule is COc1cc(Cl)c(C)cc1N1C(=O)CN(Cc2ccccc2)C1=S. The van der Waals surface area contributed by atoms with Gasteiger partial charge in [0.25, 0.3) is 5.91 Å². The van der Waals surface area contributed by atoms with E-state index in [2.05, 4.69) is 0 Å². The molecule has 0 spiro atoms. The van der Waals surface area contributed by atoms with E-state index in [1.807, 2.05) is 48.2 Å². The molecule has 0 radical (unpaired) electrons. The Balaban J connectivity index is 1.91. The van der Waals surface area contributed by atoms with Crippen LogP contribution in [0.1, 0.15) is 11.1 Å². The van der Waals surface area contributed by atoms with Crippen LogP contribution in [0.4, 0.5) is 5.69 Å². The van der Waals surface area contributed by atoms with Gasteiger partial charge in [-0.25, -0.2) is 0 Å². The Hall–Kier alpha value is -2.11. The number of carbonyl (C=O) groups is 1. The molecule has 1 heterocycles. The first kappa shape index (κ1) is 16.7. The minimum absolute atomic E-state index is 0.0732. The highest BCUT2D eigenvalue weighted by molar-refractivity contribution is 7.80. The van der Waals surface area contributed by atoms with Gasteiger partial charge in [-0.05, 0) is 36.3 Å². The van der Waals surface area contributed by atoms with Gasteiger partial charge in [0.05, 0.1) is 12.8 Å². The molecule has 1 amide bonds. The summed E-state index contributed by atoms with van der Waals surface area (Å²) < 4.78 is 5.39. The van der Waals surface area contributed by atoms with Gasteiger partial charge in [-0.3, -0.25) is 9.69 Å². The monoisotopic (exact) mass is 360 g/mol. The molecule has 0 saturated carbocycles. The zero-order valence-electron chi connectivity index (χ0n) is 13.5. The molecule has 0 aromatic heterocycles. The summed E-state index contributed by atoms with van der Waals surface area (Å²) in [5.41, 5.74) is 2.60. The summed E-state index contributed by atoms with van der Waals surface area (Å²) in [5, 5.41) is 1.07. The van der Waals surface area contributed by atoms with Crippen molar-refractivity contribution in [2.45, 2.75) is 13.5 Å². The Kier molecular flexibility index (Phi) is 4.73. The fourth-order valence-electron chi connectivity index (χ4n) is 2.70. The van der Waals surface area contributed by atoms with Crippen LogP contribution in [0.2, 0.25) is 5.02 Å². The van der Waals surface area contributed by atoms with E-state index in [0.717, 1.165) is 11.1 Å². The van der Waals surface area contributed by atoms with Gasteiger partial charge in [0.2, 0.25) is 0 Å². The van der Waals surface area contributed by atoms with Crippen molar-refractivity contribution in [3.8, 4) is 5.75 Å². The van der Waals surface area contributed by atoms with Gasteiger partial charge >= 0.3 is 0 Å². The molecule has 0 unspecified atom stereocenters. The molecule has 124 valence electrons. The summed E-state index contributed by atoms with van der Waals surface area (Å²) >= 11 is 11.7. The lowest BCUT2D eigenvalue weighted by atomic mass is 10.2. The molecule has 0 N–H and O–H groups in total. The molecule has 0 atom stereocenters. The van der Waals surface area contributed by atoms with Gasteiger partial charge in [0.15, 0.2) is 5.11 Å². The number of carbonyl (C=O) groups excluding carboxylic acids is 1. The van der Waals surface area contributed by atoms with Crippen LogP contribution in [0.5, 0.6) is 5.75 Å². The van der Waals surface area contributed by atoms with E-state index in [0.29, 0.717) is 28.1 Å². The topological polar surface area (TPSA) is 32.8 Å². The molecule has 2 aromatic carbocycles. The standard InChI is InChI=1S/C18H17ClN2O2S/c1-12-8-15(16(23-2)9-14(12)19)21-17(22)11-20(18(21)24)10-13-6-4-3-5-7-13/h3-9H,10-11H2,1-2H3.